The molecule has 0 fully saturated rings. The van der Waals surface area contributed by atoms with Gasteiger partial charge in [0.25, 0.3) is 0 Å². The van der Waals surface area contributed by atoms with E-state index in [0.717, 1.165) is 11.3 Å². The van der Waals surface area contributed by atoms with Crippen molar-refractivity contribution >= 4 is 35.6 Å². The Hall–Kier alpha value is -1.59. The van der Waals surface area contributed by atoms with Gasteiger partial charge in [-0.3, -0.25) is 9.59 Å². The highest BCUT2D eigenvalue weighted by Crippen LogP contribution is 2.26. The topological polar surface area (TPSA) is 84.2 Å². The number of fused-ring (bicyclic) bond motifs is 1. The van der Waals surface area contributed by atoms with Gasteiger partial charge in [-0.15, -0.1) is 12.4 Å². The van der Waals surface area contributed by atoms with Crippen LogP contribution in [0, 0.1) is 5.92 Å². The lowest BCUT2D eigenvalue weighted by Crippen LogP contribution is -2.36. The highest BCUT2D eigenvalue weighted by Gasteiger charge is 2.19. The molecule has 0 aliphatic carbocycles. The monoisotopic (exact) mass is 297 g/mol. The summed E-state index contributed by atoms with van der Waals surface area (Å²) >= 11 is 0. The first-order valence-electron chi connectivity index (χ1n) is 6.45. The number of benzene rings is 1. The summed E-state index contributed by atoms with van der Waals surface area (Å²) in [6.45, 7) is 4.06. The quantitative estimate of drug-likeness (QED) is 0.794. The van der Waals surface area contributed by atoms with E-state index in [4.69, 9.17) is 5.73 Å². The summed E-state index contributed by atoms with van der Waals surface area (Å²) < 4.78 is 0. The molecule has 0 spiro atoms. The van der Waals surface area contributed by atoms with Gasteiger partial charge < -0.3 is 16.4 Å². The van der Waals surface area contributed by atoms with Crippen molar-refractivity contribution in [1.82, 2.24) is 0 Å². The molecule has 1 heterocycles. The van der Waals surface area contributed by atoms with Crippen LogP contribution in [0.4, 0.5) is 11.4 Å². The second-order valence-corrected chi connectivity index (χ2v) is 5.32. The fourth-order valence-electron chi connectivity index (χ4n) is 2.16. The Kier molecular flexibility index (Phi) is 5.53. The number of rotatable bonds is 4. The molecule has 0 aromatic heterocycles. The Morgan fingerprint density at radius 2 is 2.15 bits per heavy atom. The van der Waals surface area contributed by atoms with E-state index in [2.05, 4.69) is 10.6 Å². The molecule has 5 nitrogen and oxygen atoms in total. The summed E-state index contributed by atoms with van der Waals surface area (Å²) in [7, 11) is 0. The van der Waals surface area contributed by atoms with Crippen LogP contribution in [-0.2, 0) is 16.0 Å². The lowest BCUT2D eigenvalue weighted by Gasteiger charge is -2.14. The van der Waals surface area contributed by atoms with Crippen molar-refractivity contribution in [2.24, 2.45) is 11.7 Å². The predicted molar refractivity (Wildman–Crippen MR) is 82.1 cm³/mol. The van der Waals surface area contributed by atoms with Gasteiger partial charge in [-0.1, -0.05) is 13.8 Å². The van der Waals surface area contributed by atoms with Crippen molar-refractivity contribution < 1.29 is 9.59 Å². The summed E-state index contributed by atoms with van der Waals surface area (Å²) in [6, 6.07) is 4.87. The van der Waals surface area contributed by atoms with Crippen LogP contribution in [0.3, 0.4) is 0 Å². The third kappa shape index (κ3) is 3.95. The third-order valence-corrected chi connectivity index (χ3v) is 3.06. The van der Waals surface area contributed by atoms with E-state index in [1.165, 1.54) is 0 Å². The van der Waals surface area contributed by atoms with Gasteiger partial charge >= 0.3 is 0 Å². The van der Waals surface area contributed by atoms with Crippen LogP contribution in [0.2, 0.25) is 0 Å². The number of carbonyl (C=O) groups excluding carboxylic acids is 2. The molecule has 0 saturated heterocycles. The number of carbonyl (C=O) groups is 2. The molecule has 0 unspecified atom stereocenters. The molecule has 2 rings (SSSR count). The maximum atomic E-state index is 11.9. The molecule has 1 aliphatic rings. The number of halogens is 1. The molecule has 1 atom stereocenters. The second-order valence-electron chi connectivity index (χ2n) is 5.32. The molecular formula is C14H20ClN3O2. The molecule has 6 heteroatoms. The first-order chi connectivity index (χ1) is 8.95. The number of amides is 2. The SMILES string of the molecule is CC(C)C[C@H](N)C(=O)Nc1ccc2c(c1)CC(=O)N2.Cl. The highest BCUT2D eigenvalue weighted by molar-refractivity contribution is 6.00. The standard InChI is InChI=1S/C14H19N3O2.ClH/c1-8(2)5-11(15)14(19)16-10-3-4-12-9(6-10)7-13(18)17-12;/h3-4,6,8,11H,5,7,15H2,1-2H3,(H,16,19)(H,17,18);1H/t11-;/m0./s1. The van der Waals surface area contributed by atoms with Crippen molar-refractivity contribution in [1.29, 1.82) is 0 Å². The summed E-state index contributed by atoms with van der Waals surface area (Å²) in [6.07, 6.45) is 1.01. The van der Waals surface area contributed by atoms with E-state index < -0.39 is 6.04 Å². The van der Waals surface area contributed by atoms with Crippen LogP contribution < -0.4 is 16.4 Å². The molecule has 2 amide bonds. The second kappa shape index (κ2) is 6.72. The number of hydrogen-bond acceptors (Lipinski definition) is 3. The number of anilines is 2. The summed E-state index contributed by atoms with van der Waals surface area (Å²) in [4.78, 5) is 23.1. The molecule has 1 aromatic carbocycles. The fourth-order valence-corrected chi connectivity index (χ4v) is 2.16. The number of hydrogen-bond donors (Lipinski definition) is 3. The number of nitrogens with two attached hydrogens (primary N) is 1. The van der Waals surface area contributed by atoms with Crippen molar-refractivity contribution in [2.75, 3.05) is 10.6 Å². The van der Waals surface area contributed by atoms with Crippen molar-refractivity contribution in [3.63, 3.8) is 0 Å². The Morgan fingerprint density at radius 3 is 2.80 bits per heavy atom. The lowest BCUT2D eigenvalue weighted by molar-refractivity contribution is -0.117. The zero-order chi connectivity index (χ0) is 14.0. The smallest absolute Gasteiger partial charge is 0.241 e. The highest BCUT2D eigenvalue weighted by atomic mass is 35.5. The average molecular weight is 298 g/mol. The third-order valence-electron chi connectivity index (χ3n) is 3.06. The maximum Gasteiger partial charge on any atom is 0.241 e. The van der Waals surface area contributed by atoms with Crippen LogP contribution in [0.1, 0.15) is 25.8 Å². The molecule has 0 bridgehead atoms. The Bertz CT molecular complexity index is 517. The summed E-state index contributed by atoms with van der Waals surface area (Å²) in [5.41, 5.74) is 8.22. The van der Waals surface area contributed by atoms with Gasteiger partial charge in [0.05, 0.1) is 12.5 Å². The van der Waals surface area contributed by atoms with Crippen LogP contribution >= 0.6 is 12.4 Å². The van der Waals surface area contributed by atoms with Crippen molar-refractivity contribution in [2.45, 2.75) is 32.7 Å². The molecule has 20 heavy (non-hydrogen) atoms. The molecule has 0 radical (unpaired) electrons. The number of nitrogens with one attached hydrogen (secondary N) is 2. The van der Waals surface area contributed by atoms with E-state index in [9.17, 15) is 9.59 Å². The summed E-state index contributed by atoms with van der Waals surface area (Å²) in [5, 5.41) is 5.54. The zero-order valence-electron chi connectivity index (χ0n) is 11.6. The lowest BCUT2D eigenvalue weighted by atomic mass is 10.0. The van der Waals surface area contributed by atoms with Gasteiger partial charge in [0.1, 0.15) is 0 Å². The minimum Gasteiger partial charge on any atom is -0.326 e. The first kappa shape index (κ1) is 16.5. The van der Waals surface area contributed by atoms with Crippen LogP contribution in [-0.4, -0.2) is 17.9 Å². The van der Waals surface area contributed by atoms with Gasteiger partial charge in [-0.05, 0) is 36.1 Å². The summed E-state index contributed by atoms with van der Waals surface area (Å²) in [5.74, 6) is 0.170. The maximum absolute atomic E-state index is 11.9. The first-order valence-corrected chi connectivity index (χ1v) is 6.45. The van der Waals surface area contributed by atoms with Crippen LogP contribution in [0.25, 0.3) is 0 Å². The van der Waals surface area contributed by atoms with E-state index >= 15 is 0 Å². The van der Waals surface area contributed by atoms with Crippen LogP contribution in [0.15, 0.2) is 18.2 Å². The minimum atomic E-state index is -0.506. The largest absolute Gasteiger partial charge is 0.326 e. The Balaban J connectivity index is 0.00000200. The van der Waals surface area contributed by atoms with Crippen molar-refractivity contribution in [3.8, 4) is 0 Å². The van der Waals surface area contributed by atoms with E-state index in [1.807, 2.05) is 19.9 Å². The van der Waals surface area contributed by atoms with Gasteiger partial charge in [0, 0.05) is 11.4 Å². The van der Waals surface area contributed by atoms with Gasteiger partial charge in [-0.25, -0.2) is 0 Å². The molecule has 1 aliphatic heterocycles. The molecule has 4 N–H and O–H groups in total. The predicted octanol–water partition coefficient (Wildman–Crippen LogP) is 1.91. The Morgan fingerprint density at radius 1 is 1.45 bits per heavy atom. The van der Waals surface area contributed by atoms with E-state index in [0.29, 0.717) is 24.4 Å². The molecule has 1 aromatic rings. The molecular weight excluding hydrogens is 278 g/mol. The molecule has 0 saturated carbocycles. The van der Waals surface area contributed by atoms with Gasteiger partial charge in [0.15, 0.2) is 0 Å². The van der Waals surface area contributed by atoms with Crippen molar-refractivity contribution in [3.05, 3.63) is 23.8 Å². The Labute approximate surface area is 124 Å². The molecule has 110 valence electrons. The zero-order valence-corrected chi connectivity index (χ0v) is 12.4. The average Bonchev–Trinajstić information content (AvgIpc) is 2.67. The van der Waals surface area contributed by atoms with Crippen LogP contribution in [0.5, 0.6) is 0 Å². The fraction of sp³-hybridized carbons (Fsp3) is 0.429. The minimum absolute atomic E-state index is 0. The van der Waals surface area contributed by atoms with Gasteiger partial charge in [-0.2, -0.15) is 0 Å². The van der Waals surface area contributed by atoms with E-state index in [1.54, 1.807) is 12.1 Å². The van der Waals surface area contributed by atoms with Gasteiger partial charge in [0.2, 0.25) is 11.8 Å². The van der Waals surface area contributed by atoms with E-state index in [-0.39, 0.29) is 24.2 Å². The normalized spacial score (nSPS) is 14.3.